The molecule has 0 unspecified atom stereocenters. The van der Waals surface area contributed by atoms with Gasteiger partial charge in [0.2, 0.25) is 0 Å². The topological polar surface area (TPSA) is 71.2 Å². The molecule has 110 valence electrons. The third-order valence-corrected chi connectivity index (χ3v) is 3.25. The number of amides is 1. The van der Waals surface area contributed by atoms with Crippen molar-refractivity contribution in [3.8, 4) is 0 Å². The van der Waals surface area contributed by atoms with E-state index < -0.39 is 0 Å². The van der Waals surface area contributed by atoms with Crippen LogP contribution in [0.2, 0.25) is 0 Å². The molecule has 0 fully saturated rings. The molecule has 21 heavy (non-hydrogen) atoms. The van der Waals surface area contributed by atoms with E-state index >= 15 is 0 Å². The predicted octanol–water partition coefficient (Wildman–Crippen LogP) is 1.92. The van der Waals surface area contributed by atoms with Crippen molar-refractivity contribution in [1.29, 1.82) is 0 Å². The molecule has 5 nitrogen and oxygen atoms in total. The van der Waals surface area contributed by atoms with E-state index in [0.29, 0.717) is 17.8 Å². The highest BCUT2D eigenvalue weighted by molar-refractivity contribution is 5.98. The van der Waals surface area contributed by atoms with Gasteiger partial charge in [-0.2, -0.15) is 0 Å². The number of benzene rings is 1. The van der Waals surface area contributed by atoms with Crippen molar-refractivity contribution >= 4 is 17.3 Å². The summed E-state index contributed by atoms with van der Waals surface area (Å²) in [7, 11) is 2.04. The van der Waals surface area contributed by atoms with Crippen LogP contribution in [0.1, 0.15) is 16.8 Å². The van der Waals surface area contributed by atoms with Crippen molar-refractivity contribution in [2.45, 2.75) is 6.42 Å². The zero-order chi connectivity index (χ0) is 15.1. The van der Waals surface area contributed by atoms with Crippen LogP contribution in [0.4, 0.5) is 11.4 Å². The van der Waals surface area contributed by atoms with Gasteiger partial charge in [0, 0.05) is 32.0 Å². The van der Waals surface area contributed by atoms with Gasteiger partial charge in [-0.05, 0) is 24.6 Å². The smallest absolute Gasteiger partial charge is 0.253 e. The van der Waals surface area contributed by atoms with Crippen LogP contribution in [-0.2, 0) is 0 Å². The van der Waals surface area contributed by atoms with Crippen LogP contribution in [0, 0.1) is 0 Å². The lowest BCUT2D eigenvalue weighted by Crippen LogP contribution is -2.28. The van der Waals surface area contributed by atoms with Gasteiger partial charge < -0.3 is 16.0 Å². The number of pyridine rings is 1. The van der Waals surface area contributed by atoms with E-state index in [1.807, 2.05) is 25.2 Å². The van der Waals surface area contributed by atoms with Gasteiger partial charge in [0.25, 0.3) is 5.91 Å². The molecule has 0 bridgehead atoms. The molecular weight excluding hydrogens is 264 g/mol. The van der Waals surface area contributed by atoms with Gasteiger partial charge in [-0.25, -0.2) is 0 Å². The summed E-state index contributed by atoms with van der Waals surface area (Å²) in [6, 6.07) is 11.8. The Morgan fingerprint density at radius 2 is 2.05 bits per heavy atom. The summed E-state index contributed by atoms with van der Waals surface area (Å²) in [4.78, 5) is 18.0. The Balaban J connectivity index is 1.75. The highest BCUT2D eigenvalue weighted by Gasteiger charge is 2.08. The van der Waals surface area contributed by atoms with Gasteiger partial charge >= 0.3 is 0 Å². The average Bonchev–Trinajstić information content (AvgIpc) is 2.52. The SMILES string of the molecule is CN(CCCNC(=O)c1ccncc1N)c1ccccc1. The Labute approximate surface area is 124 Å². The molecule has 0 aliphatic carbocycles. The Bertz CT molecular complexity index is 586. The van der Waals surface area contributed by atoms with Crippen molar-refractivity contribution in [2.24, 2.45) is 0 Å². The Morgan fingerprint density at radius 3 is 2.76 bits per heavy atom. The molecule has 0 spiro atoms. The summed E-state index contributed by atoms with van der Waals surface area (Å²) in [6.07, 6.45) is 3.91. The number of rotatable bonds is 6. The van der Waals surface area contributed by atoms with Gasteiger partial charge in [0.05, 0.1) is 17.4 Å². The van der Waals surface area contributed by atoms with Crippen LogP contribution in [0.5, 0.6) is 0 Å². The molecule has 1 aromatic heterocycles. The van der Waals surface area contributed by atoms with Crippen LogP contribution in [0.3, 0.4) is 0 Å². The van der Waals surface area contributed by atoms with Gasteiger partial charge in [0.1, 0.15) is 0 Å². The number of nitrogens with zero attached hydrogens (tertiary/aromatic N) is 2. The molecule has 3 N–H and O–H groups in total. The van der Waals surface area contributed by atoms with Crippen LogP contribution in [-0.4, -0.2) is 31.0 Å². The third-order valence-electron chi connectivity index (χ3n) is 3.25. The Morgan fingerprint density at radius 1 is 1.29 bits per heavy atom. The van der Waals surface area contributed by atoms with Crippen molar-refractivity contribution in [3.63, 3.8) is 0 Å². The number of nitrogen functional groups attached to an aromatic ring is 1. The first-order valence-electron chi connectivity index (χ1n) is 6.92. The highest BCUT2D eigenvalue weighted by atomic mass is 16.1. The number of carbonyl (C=O) groups is 1. The number of hydrogen-bond acceptors (Lipinski definition) is 4. The summed E-state index contributed by atoms with van der Waals surface area (Å²) in [6.45, 7) is 1.48. The van der Waals surface area contributed by atoms with Gasteiger partial charge in [-0.15, -0.1) is 0 Å². The molecule has 0 atom stereocenters. The fourth-order valence-corrected chi connectivity index (χ4v) is 2.04. The number of para-hydroxylation sites is 1. The van der Waals surface area contributed by atoms with E-state index in [-0.39, 0.29) is 5.91 Å². The van der Waals surface area contributed by atoms with Gasteiger partial charge in [0.15, 0.2) is 0 Å². The average molecular weight is 284 g/mol. The lowest BCUT2D eigenvalue weighted by Gasteiger charge is -2.19. The lowest BCUT2D eigenvalue weighted by atomic mass is 10.2. The fourth-order valence-electron chi connectivity index (χ4n) is 2.04. The Kier molecular flexibility index (Phi) is 5.15. The monoisotopic (exact) mass is 284 g/mol. The van der Waals surface area contributed by atoms with E-state index in [1.165, 1.54) is 11.9 Å². The molecule has 1 amide bonds. The lowest BCUT2D eigenvalue weighted by molar-refractivity contribution is 0.0954. The number of aromatic nitrogens is 1. The number of hydrogen-bond donors (Lipinski definition) is 2. The minimum Gasteiger partial charge on any atom is -0.397 e. The van der Waals surface area contributed by atoms with Crippen molar-refractivity contribution in [1.82, 2.24) is 10.3 Å². The molecular formula is C16H20N4O. The predicted molar refractivity (Wildman–Crippen MR) is 85.3 cm³/mol. The van der Waals surface area contributed by atoms with Crippen molar-refractivity contribution in [3.05, 3.63) is 54.4 Å². The molecule has 1 heterocycles. The van der Waals surface area contributed by atoms with E-state index in [0.717, 1.165) is 13.0 Å². The maximum Gasteiger partial charge on any atom is 0.253 e. The highest BCUT2D eigenvalue weighted by Crippen LogP contribution is 2.11. The minimum absolute atomic E-state index is 0.155. The van der Waals surface area contributed by atoms with E-state index in [2.05, 4.69) is 27.3 Å². The third kappa shape index (κ3) is 4.21. The maximum atomic E-state index is 11.9. The minimum atomic E-state index is -0.155. The summed E-state index contributed by atoms with van der Waals surface area (Å²) in [5, 5.41) is 2.87. The largest absolute Gasteiger partial charge is 0.397 e. The first-order chi connectivity index (χ1) is 10.2. The number of anilines is 2. The van der Waals surface area contributed by atoms with Crippen LogP contribution in [0.15, 0.2) is 48.8 Å². The Hall–Kier alpha value is -2.56. The van der Waals surface area contributed by atoms with E-state index in [1.54, 1.807) is 12.3 Å². The first kappa shape index (κ1) is 14.8. The fraction of sp³-hybridized carbons (Fsp3) is 0.250. The molecule has 0 aliphatic rings. The molecule has 0 aliphatic heterocycles. The molecule has 2 aromatic rings. The summed E-state index contributed by atoms with van der Waals surface area (Å²) < 4.78 is 0. The molecule has 0 saturated carbocycles. The zero-order valence-electron chi connectivity index (χ0n) is 12.1. The molecule has 0 radical (unpaired) electrons. The standard InChI is InChI=1S/C16H20N4O/c1-20(13-6-3-2-4-7-13)11-5-9-19-16(21)14-8-10-18-12-15(14)17/h2-4,6-8,10,12H,5,9,11,17H2,1H3,(H,19,21). The second-order valence-electron chi connectivity index (χ2n) is 4.83. The second-order valence-corrected chi connectivity index (χ2v) is 4.83. The van der Waals surface area contributed by atoms with Crippen molar-refractivity contribution in [2.75, 3.05) is 30.8 Å². The number of carbonyl (C=O) groups excluding carboxylic acids is 1. The van der Waals surface area contributed by atoms with Crippen molar-refractivity contribution < 1.29 is 4.79 Å². The van der Waals surface area contributed by atoms with Gasteiger partial charge in [-0.3, -0.25) is 9.78 Å². The zero-order valence-corrected chi connectivity index (χ0v) is 12.1. The summed E-state index contributed by atoms with van der Waals surface area (Å²) >= 11 is 0. The van der Waals surface area contributed by atoms with Crippen LogP contribution in [0.25, 0.3) is 0 Å². The first-order valence-corrected chi connectivity index (χ1v) is 6.92. The number of nitrogens with two attached hydrogens (primary N) is 1. The molecule has 5 heteroatoms. The second kappa shape index (κ2) is 7.28. The summed E-state index contributed by atoms with van der Waals surface area (Å²) in [5.74, 6) is -0.155. The summed E-state index contributed by atoms with van der Waals surface area (Å²) in [5.41, 5.74) is 7.76. The van der Waals surface area contributed by atoms with Gasteiger partial charge in [-0.1, -0.05) is 18.2 Å². The molecule has 2 rings (SSSR count). The molecule has 1 aromatic carbocycles. The van der Waals surface area contributed by atoms with E-state index in [9.17, 15) is 4.79 Å². The molecule has 0 saturated heterocycles. The van der Waals surface area contributed by atoms with Crippen LogP contribution >= 0.6 is 0 Å². The quantitative estimate of drug-likeness (QED) is 0.795. The number of nitrogens with one attached hydrogen (secondary N) is 1. The maximum absolute atomic E-state index is 11.9. The normalized spacial score (nSPS) is 10.1. The van der Waals surface area contributed by atoms with Crippen LogP contribution < -0.4 is 16.0 Å². The van der Waals surface area contributed by atoms with E-state index in [4.69, 9.17) is 5.73 Å².